The van der Waals surface area contributed by atoms with Crippen molar-refractivity contribution in [2.75, 3.05) is 26.6 Å². The first-order chi connectivity index (χ1) is 8.97. The zero-order valence-electron chi connectivity index (χ0n) is 11.8. The Morgan fingerprint density at radius 2 is 1.56 bits per heavy atom. The summed E-state index contributed by atoms with van der Waals surface area (Å²) in [5.41, 5.74) is 0. The standard InChI is InChI=1S/C15H30N2O/c1-2-4-6-10-15(9-5-3-1)17-11-7-8-12-18-14-16-13-17/h15-16H,1-14H2. The second-order valence-electron chi connectivity index (χ2n) is 5.83. The van der Waals surface area contributed by atoms with Crippen molar-refractivity contribution >= 4 is 0 Å². The summed E-state index contributed by atoms with van der Waals surface area (Å²) in [6.45, 7) is 3.92. The number of hydrogen-bond acceptors (Lipinski definition) is 3. The topological polar surface area (TPSA) is 24.5 Å². The fourth-order valence-corrected chi connectivity index (χ4v) is 3.22. The number of nitrogens with zero attached hydrogens (tertiary/aromatic N) is 1. The molecule has 1 heterocycles. The lowest BCUT2D eigenvalue weighted by Gasteiger charge is -2.31. The highest BCUT2D eigenvalue weighted by Gasteiger charge is 2.18. The molecule has 1 saturated heterocycles. The summed E-state index contributed by atoms with van der Waals surface area (Å²) in [6, 6.07) is 0.814. The lowest BCUT2D eigenvalue weighted by Crippen LogP contribution is -2.42. The third-order valence-electron chi connectivity index (χ3n) is 4.34. The highest BCUT2D eigenvalue weighted by atomic mass is 16.5. The van der Waals surface area contributed by atoms with Gasteiger partial charge in [0.2, 0.25) is 0 Å². The Morgan fingerprint density at radius 3 is 2.33 bits per heavy atom. The van der Waals surface area contributed by atoms with Crippen molar-refractivity contribution < 1.29 is 4.74 Å². The van der Waals surface area contributed by atoms with Gasteiger partial charge in [-0.05, 0) is 32.2 Å². The summed E-state index contributed by atoms with van der Waals surface area (Å²) in [6.07, 6.45) is 14.0. The van der Waals surface area contributed by atoms with Crippen molar-refractivity contribution in [1.29, 1.82) is 0 Å². The van der Waals surface area contributed by atoms with Crippen LogP contribution < -0.4 is 5.32 Å². The molecular formula is C15H30N2O. The third-order valence-corrected chi connectivity index (χ3v) is 4.34. The van der Waals surface area contributed by atoms with Crippen LogP contribution in [-0.4, -0.2) is 37.5 Å². The quantitative estimate of drug-likeness (QED) is 0.778. The minimum absolute atomic E-state index is 0.725. The predicted molar refractivity (Wildman–Crippen MR) is 75.5 cm³/mol. The number of rotatable bonds is 1. The normalized spacial score (nSPS) is 27.3. The van der Waals surface area contributed by atoms with Crippen molar-refractivity contribution in [2.24, 2.45) is 0 Å². The van der Waals surface area contributed by atoms with Gasteiger partial charge in [0.15, 0.2) is 0 Å². The summed E-state index contributed by atoms with van der Waals surface area (Å²) in [7, 11) is 0. The highest BCUT2D eigenvalue weighted by molar-refractivity contribution is 4.73. The van der Waals surface area contributed by atoms with Crippen molar-refractivity contribution in [2.45, 2.75) is 70.3 Å². The molecule has 0 amide bonds. The van der Waals surface area contributed by atoms with Crippen molar-refractivity contribution in [3.8, 4) is 0 Å². The van der Waals surface area contributed by atoms with Gasteiger partial charge in [0, 0.05) is 12.6 Å². The van der Waals surface area contributed by atoms with E-state index in [0.717, 1.165) is 26.0 Å². The molecule has 0 aromatic heterocycles. The average Bonchev–Trinajstić information content (AvgIpc) is 2.61. The summed E-state index contributed by atoms with van der Waals surface area (Å²) in [4.78, 5) is 2.68. The smallest absolute Gasteiger partial charge is 0.0975 e. The fraction of sp³-hybridized carbons (Fsp3) is 1.00. The van der Waals surface area contributed by atoms with Gasteiger partial charge >= 0.3 is 0 Å². The Morgan fingerprint density at radius 1 is 0.833 bits per heavy atom. The summed E-state index contributed by atoms with van der Waals surface area (Å²) in [5.74, 6) is 0. The van der Waals surface area contributed by atoms with Crippen LogP contribution in [0.1, 0.15) is 64.2 Å². The molecule has 3 nitrogen and oxygen atoms in total. The van der Waals surface area contributed by atoms with Crippen molar-refractivity contribution in [3.05, 3.63) is 0 Å². The first kappa shape index (κ1) is 14.3. The average molecular weight is 254 g/mol. The van der Waals surface area contributed by atoms with Gasteiger partial charge in [0.1, 0.15) is 0 Å². The molecule has 0 aromatic rings. The lowest BCUT2D eigenvalue weighted by molar-refractivity contribution is 0.103. The lowest BCUT2D eigenvalue weighted by atomic mass is 10.0. The molecule has 0 atom stereocenters. The van der Waals surface area contributed by atoms with Crippen LogP contribution in [0.25, 0.3) is 0 Å². The summed E-state index contributed by atoms with van der Waals surface area (Å²) in [5, 5.41) is 3.43. The van der Waals surface area contributed by atoms with Gasteiger partial charge in [-0.2, -0.15) is 0 Å². The maximum absolute atomic E-state index is 5.52. The molecule has 2 fully saturated rings. The molecule has 0 radical (unpaired) electrons. The van der Waals surface area contributed by atoms with E-state index in [9.17, 15) is 0 Å². The molecule has 3 heteroatoms. The van der Waals surface area contributed by atoms with Gasteiger partial charge < -0.3 is 4.74 Å². The SMILES string of the molecule is C1CCCCC(N2CCCCOCNC2)CCC1. The van der Waals surface area contributed by atoms with Crippen LogP contribution in [0.15, 0.2) is 0 Å². The Balaban J connectivity index is 1.83. The van der Waals surface area contributed by atoms with Crippen LogP contribution >= 0.6 is 0 Å². The fourth-order valence-electron chi connectivity index (χ4n) is 3.22. The molecule has 1 saturated carbocycles. The second kappa shape index (κ2) is 8.89. The Labute approximate surface area is 112 Å². The van der Waals surface area contributed by atoms with Crippen LogP contribution in [0.4, 0.5) is 0 Å². The largest absolute Gasteiger partial charge is 0.366 e. The van der Waals surface area contributed by atoms with Gasteiger partial charge in [-0.1, -0.05) is 38.5 Å². The Hall–Kier alpha value is -0.120. The van der Waals surface area contributed by atoms with Gasteiger partial charge in [-0.3, -0.25) is 10.2 Å². The summed E-state index contributed by atoms with van der Waals surface area (Å²) < 4.78 is 5.52. The molecular weight excluding hydrogens is 224 g/mol. The molecule has 2 rings (SSSR count). The first-order valence-corrected chi connectivity index (χ1v) is 7.99. The van der Waals surface area contributed by atoms with E-state index in [2.05, 4.69) is 10.2 Å². The van der Waals surface area contributed by atoms with Crippen molar-refractivity contribution in [1.82, 2.24) is 10.2 Å². The van der Waals surface area contributed by atoms with Crippen LogP contribution in [0, 0.1) is 0 Å². The second-order valence-corrected chi connectivity index (χ2v) is 5.83. The van der Waals surface area contributed by atoms with Crippen molar-refractivity contribution in [3.63, 3.8) is 0 Å². The van der Waals surface area contributed by atoms with Gasteiger partial charge in [-0.15, -0.1) is 0 Å². The maximum atomic E-state index is 5.52. The molecule has 106 valence electrons. The molecule has 0 spiro atoms. The number of nitrogens with one attached hydrogen (secondary N) is 1. The van der Waals surface area contributed by atoms with Crippen LogP contribution in [0.3, 0.4) is 0 Å². The Kier molecular flexibility index (Phi) is 7.06. The molecule has 1 aliphatic carbocycles. The van der Waals surface area contributed by atoms with Crippen LogP contribution in [-0.2, 0) is 4.74 Å². The van der Waals surface area contributed by atoms with E-state index in [1.807, 2.05) is 0 Å². The van der Waals surface area contributed by atoms with E-state index < -0.39 is 0 Å². The molecule has 1 aliphatic heterocycles. The van der Waals surface area contributed by atoms with E-state index in [0.29, 0.717) is 0 Å². The number of ether oxygens (including phenoxy) is 1. The zero-order valence-corrected chi connectivity index (χ0v) is 11.8. The highest BCUT2D eigenvalue weighted by Crippen LogP contribution is 2.21. The molecule has 2 aliphatic rings. The number of hydrogen-bond donors (Lipinski definition) is 1. The van der Waals surface area contributed by atoms with Gasteiger partial charge in [0.05, 0.1) is 13.4 Å². The molecule has 1 N–H and O–H groups in total. The summed E-state index contributed by atoms with van der Waals surface area (Å²) >= 11 is 0. The third kappa shape index (κ3) is 5.25. The Bertz CT molecular complexity index is 169. The van der Waals surface area contributed by atoms with Gasteiger partial charge in [-0.25, -0.2) is 0 Å². The monoisotopic (exact) mass is 254 g/mol. The van der Waals surface area contributed by atoms with Gasteiger partial charge in [0.25, 0.3) is 0 Å². The van der Waals surface area contributed by atoms with Crippen LogP contribution in [0.2, 0.25) is 0 Å². The predicted octanol–water partition coefficient (Wildman–Crippen LogP) is 3.11. The molecule has 0 bridgehead atoms. The van der Waals surface area contributed by atoms with E-state index in [1.54, 1.807) is 0 Å². The minimum atomic E-state index is 0.725. The van der Waals surface area contributed by atoms with Crippen LogP contribution in [0.5, 0.6) is 0 Å². The van der Waals surface area contributed by atoms with E-state index >= 15 is 0 Å². The molecule has 0 aromatic carbocycles. The van der Waals surface area contributed by atoms with E-state index in [4.69, 9.17) is 4.74 Å². The zero-order chi connectivity index (χ0) is 12.5. The molecule has 18 heavy (non-hydrogen) atoms. The maximum Gasteiger partial charge on any atom is 0.0975 e. The first-order valence-electron chi connectivity index (χ1n) is 7.99. The van der Waals surface area contributed by atoms with E-state index in [1.165, 1.54) is 70.8 Å². The van der Waals surface area contributed by atoms with E-state index in [-0.39, 0.29) is 0 Å². The molecule has 0 unspecified atom stereocenters. The minimum Gasteiger partial charge on any atom is -0.366 e.